The molecule has 19 heavy (non-hydrogen) atoms. The molecule has 2 atom stereocenters. The van der Waals surface area contributed by atoms with Crippen molar-refractivity contribution < 1.29 is 4.92 Å². The van der Waals surface area contributed by atoms with E-state index in [-0.39, 0.29) is 28.9 Å². The van der Waals surface area contributed by atoms with E-state index in [0.29, 0.717) is 16.4 Å². The summed E-state index contributed by atoms with van der Waals surface area (Å²) >= 11 is 3.81. The highest BCUT2D eigenvalue weighted by Gasteiger charge is 2.39. The summed E-state index contributed by atoms with van der Waals surface area (Å²) in [7, 11) is 0. The Morgan fingerprint density at radius 2 is 2.32 bits per heavy atom. The van der Waals surface area contributed by atoms with Crippen molar-refractivity contribution in [2.75, 3.05) is 12.0 Å². The molecule has 1 aromatic rings. The summed E-state index contributed by atoms with van der Waals surface area (Å²) < 4.78 is 0.502. The molecule has 3 rings (SSSR count). The van der Waals surface area contributed by atoms with Crippen molar-refractivity contribution in [1.29, 1.82) is 0 Å². The number of nitro groups is 1. The second kappa shape index (κ2) is 6.19. The summed E-state index contributed by atoms with van der Waals surface area (Å²) in [5.74, 6) is 1.08. The molecule has 0 bridgehead atoms. The standard InChI is InChI=1S/C12H14N2O2S2.HI/c1-17-12-13-6-8-3-2-4-11(14(15)16)10(8)5-9(13)7-18-12;/h2-4,9,12H,5-7H2,1H3;1H/t9-,12?;/m0./s1. The molecule has 4 nitrogen and oxygen atoms in total. The van der Waals surface area contributed by atoms with Gasteiger partial charge in [0.05, 0.1) is 4.92 Å². The fraction of sp³-hybridized carbons (Fsp3) is 0.500. The first kappa shape index (κ1) is 15.4. The zero-order valence-electron chi connectivity index (χ0n) is 10.4. The molecule has 104 valence electrons. The Bertz CT molecular complexity index is 501. The van der Waals surface area contributed by atoms with Crippen LogP contribution < -0.4 is 0 Å². The predicted molar refractivity (Wildman–Crippen MR) is 91.3 cm³/mol. The van der Waals surface area contributed by atoms with E-state index >= 15 is 0 Å². The summed E-state index contributed by atoms with van der Waals surface area (Å²) in [6.07, 6.45) is 2.94. The molecular weight excluding hydrogens is 395 g/mol. The van der Waals surface area contributed by atoms with Crippen LogP contribution in [0, 0.1) is 10.1 Å². The van der Waals surface area contributed by atoms with Gasteiger partial charge in [0.15, 0.2) is 0 Å². The molecule has 0 spiro atoms. The van der Waals surface area contributed by atoms with E-state index in [1.807, 2.05) is 29.6 Å². The Labute approximate surface area is 137 Å². The summed E-state index contributed by atoms with van der Waals surface area (Å²) in [6.45, 7) is 0.847. The molecule has 1 fully saturated rings. The van der Waals surface area contributed by atoms with Crippen molar-refractivity contribution in [1.82, 2.24) is 4.90 Å². The largest absolute Gasteiger partial charge is 0.275 e. The molecule has 0 aromatic heterocycles. The number of hydrogen-bond acceptors (Lipinski definition) is 5. The highest BCUT2D eigenvalue weighted by Crippen LogP contribution is 2.42. The Morgan fingerprint density at radius 1 is 1.53 bits per heavy atom. The number of halogens is 1. The number of fused-ring (bicyclic) bond motifs is 2. The number of thioether (sulfide) groups is 2. The first-order valence-corrected chi connectivity index (χ1v) is 8.19. The zero-order chi connectivity index (χ0) is 12.7. The van der Waals surface area contributed by atoms with E-state index in [0.717, 1.165) is 29.8 Å². The van der Waals surface area contributed by atoms with E-state index in [1.54, 1.807) is 12.1 Å². The lowest BCUT2D eigenvalue weighted by Crippen LogP contribution is -2.40. The number of benzene rings is 1. The average molecular weight is 410 g/mol. The molecule has 0 N–H and O–H groups in total. The van der Waals surface area contributed by atoms with Gasteiger partial charge in [-0.1, -0.05) is 12.1 Å². The van der Waals surface area contributed by atoms with Crippen molar-refractivity contribution in [2.45, 2.75) is 23.7 Å². The molecule has 1 saturated heterocycles. The van der Waals surface area contributed by atoms with Crippen molar-refractivity contribution in [3.8, 4) is 0 Å². The van der Waals surface area contributed by atoms with Gasteiger partial charge in [-0.05, 0) is 18.2 Å². The van der Waals surface area contributed by atoms with Crippen LogP contribution in [-0.4, -0.2) is 32.6 Å². The summed E-state index contributed by atoms with van der Waals surface area (Å²) in [4.78, 5) is 13.3. The van der Waals surface area contributed by atoms with Crippen LogP contribution in [0.15, 0.2) is 18.2 Å². The van der Waals surface area contributed by atoms with Crippen molar-refractivity contribution >= 4 is 53.2 Å². The Hall–Kier alpha value is 0.01000. The topological polar surface area (TPSA) is 46.4 Å². The first-order chi connectivity index (χ1) is 8.70. The van der Waals surface area contributed by atoms with Crippen LogP contribution in [0.5, 0.6) is 0 Å². The van der Waals surface area contributed by atoms with Gasteiger partial charge in [-0.2, -0.15) is 0 Å². The third kappa shape index (κ3) is 2.74. The third-order valence-corrected chi connectivity index (χ3v) is 6.40. The Balaban J connectivity index is 0.00000133. The first-order valence-electron chi connectivity index (χ1n) is 5.86. The predicted octanol–water partition coefficient (Wildman–Crippen LogP) is 3.33. The summed E-state index contributed by atoms with van der Waals surface area (Å²) in [5.41, 5.74) is 2.37. The fourth-order valence-electron chi connectivity index (χ4n) is 2.75. The fourth-order valence-corrected chi connectivity index (χ4v) is 5.18. The lowest BCUT2D eigenvalue weighted by atomic mass is 9.94. The zero-order valence-corrected chi connectivity index (χ0v) is 14.4. The number of hydrogen-bond donors (Lipinski definition) is 0. The van der Waals surface area contributed by atoms with Crippen LogP contribution in [0.25, 0.3) is 0 Å². The third-order valence-electron chi connectivity index (χ3n) is 3.61. The number of nitro benzene ring substituents is 1. The van der Waals surface area contributed by atoms with Crippen LogP contribution in [-0.2, 0) is 13.0 Å². The molecule has 7 heteroatoms. The molecule has 0 radical (unpaired) electrons. The minimum Gasteiger partial charge on any atom is -0.275 e. The maximum Gasteiger partial charge on any atom is 0.272 e. The van der Waals surface area contributed by atoms with Crippen LogP contribution in [0.1, 0.15) is 11.1 Å². The van der Waals surface area contributed by atoms with Gasteiger partial charge in [0, 0.05) is 30.0 Å². The van der Waals surface area contributed by atoms with Gasteiger partial charge in [-0.25, -0.2) is 0 Å². The summed E-state index contributed by atoms with van der Waals surface area (Å²) in [6, 6.07) is 5.91. The molecule has 0 saturated carbocycles. The van der Waals surface area contributed by atoms with E-state index in [9.17, 15) is 10.1 Å². The van der Waals surface area contributed by atoms with E-state index < -0.39 is 0 Å². The average Bonchev–Trinajstić information content (AvgIpc) is 2.77. The molecule has 2 aliphatic rings. The Kier molecular flexibility index (Phi) is 5.02. The van der Waals surface area contributed by atoms with Crippen molar-refractivity contribution in [3.63, 3.8) is 0 Å². The molecule has 0 amide bonds. The molecular formula is C12H15IN2O2S2. The highest BCUT2D eigenvalue weighted by molar-refractivity contribution is 14.0. The van der Waals surface area contributed by atoms with Gasteiger partial charge in [0.25, 0.3) is 5.69 Å². The molecule has 1 unspecified atom stereocenters. The van der Waals surface area contributed by atoms with Gasteiger partial charge >= 0.3 is 0 Å². The lowest BCUT2D eigenvalue weighted by Gasteiger charge is -2.33. The Morgan fingerprint density at radius 3 is 3.00 bits per heavy atom. The normalized spacial score (nSPS) is 25.3. The highest BCUT2D eigenvalue weighted by atomic mass is 127. The van der Waals surface area contributed by atoms with Crippen LogP contribution in [0.3, 0.4) is 0 Å². The number of nitrogens with zero attached hydrogens (tertiary/aromatic N) is 2. The van der Waals surface area contributed by atoms with Gasteiger partial charge < -0.3 is 0 Å². The van der Waals surface area contributed by atoms with Gasteiger partial charge in [0.2, 0.25) is 0 Å². The van der Waals surface area contributed by atoms with Gasteiger partial charge in [-0.15, -0.1) is 47.5 Å². The molecule has 1 aromatic carbocycles. The van der Waals surface area contributed by atoms with Crippen LogP contribution in [0.2, 0.25) is 0 Å². The number of rotatable bonds is 2. The maximum absolute atomic E-state index is 11.1. The second-order valence-corrected chi connectivity index (χ2v) is 6.91. The molecule has 2 aliphatic heterocycles. The monoisotopic (exact) mass is 410 g/mol. The van der Waals surface area contributed by atoms with Crippen molar-refractivity contribution in [2.24, 2.45) is 0 Å². The van der Waals surface area contributed by atoms with Crippen molar-refractivity contribution in [3.05, 3.63) is 39.4 Å². The lowest BCUT2D eigenvalue weighted by molar-refractivity contribution is -0.385. The quantitative estimate of drug-likeness (QED) is 0.425. The SMILES string of the molecule is CSC1SC[C@@H]2Cc3c(cccc3[N+](=O)[O-])CN12.I. The second-order valence-electron chi connectivity index (χ2n) is 4.58. The van der Waals surface area contributed by atoms with Crippen LogP contribution in [0.4, 0.5) is 5.69 Å². The summed E-state index contributed by atoms with van der Waals surface area (Å²) in [5, 5.41) is 11.1. The van der Waals surface area contributed by atoms with E-state index in [4.69, 9.17) is 0 Å². The van der Waals surface area contributed by atoms with E-state index in [1.165, 1.54) is 0 Å². The molecule has 0 aliphatic carbocycles. The van der Waals surface area contributed by atoms with Gasteiger partial charge in [-0.3, -0.25) is 15.0 Å². The van der Waals surface area contributed by atoms with Gasteiger partial charge in [0.1, 0.15) is 4.71 Å². The van der Waals surface area contributed by atoms with E-state index in [2.05, 4.69) is 11.2 Å². The minimum absolute atomic E-state index is 0. The maximum atomic E-state index is 11.1. The molecule has 2 heterocycles. The smallest absolute Gasteiger partial charge is 0.272 e. The van der Waals surface area contributed by atoms with Crippen LogP contribution >= 0.6 is 47.5 Å². The minimum atomic E-state index is -0.247.